The third-order valence-electron chi connectivity index (χ3n) is 2.20. The second-order valence-electron chi connectivity index (χ2n) is 3.24. The highest BCUT2D eigenvalue weighted by Gasteiger charge is 2.27. The molecular formula is C10H8BrClO2. The maximum Gasteiger partial charge on any atom is 0.183 e. The molecule has 2 rings (SSSR count). The molecule has 0 N–H and O–H groups in total. The van der Waals surface area contributed by atoms with Gasteiger partial charge in [-0.25, -0.2) is 0 Å². The summed E-state index contributed by atoms with van der Waals surface area (Å²) in [5.74, 6) is 0.667. The summed E-state index contributed by atoms with van der Waals surface area (Å²) in [6.07, 6.45) is 0. The number of benzene rings is 1. The van der Waals surface area contributed by atoms with Crippen molar-refractivity contribution in [2.75, 3.05) is 6.61 Å². The van der Waals surface area contributed by atoms with E-state index in [1.165, 1.54) is 0 Å². The third kappa shape index (κ3) is 1.55. The van der Waals surface area contributed by atoms with Crippen molar-refractivity contribution in [3.8, 4) is 5.75 Å². The van der Waals surface area contributed by atoms with Gasteiger partial charge in [0.15, 0.2) is 5.78 Å². The van der Waals surface area contributed by atoms with Gasteiger partial charge in [0.05, 0.1) is 5.56 Å². The fourth-order valence-electron chi connectivity index (χ4n) is 1.37. The molecule has 74 valence electrons. The lowest BCUT2D eigenvalue weighted by molar-refractivity contribution is 0.0946. The number of rotatable bonds is 0. The Labute approximate surface area is 95.3 Å². The highest BCUT2D eigenvalue weighted by molar-refractivity contribution is 9.10. The van der Waals surface area contributed by atoms with Gasteiger partial charge < -0.3 is 4.74 Å². The summed E-state index contributed by atoms with van der Waals surface area (Å²) in [4.78, 5) is 11.4. The number of Topliss-reactive ketones (excluding diaryl/α,β-unsaturated/α-hetero) is 1. The molecule has 2 nitrogen and oxygen atoms in total. The van der Waals surface area contributed by atoms with Crippen molar-refractivity contribution in [2.45, 2.75) is 11.8 Å². The zero-order valence-corrected chi connectivity index (χ0v) is 9.85. The van der Waals surface area contributed by atoms with Crippen LogP contribution in [0.25, 0.3) is 0 Å². The fourth-order valence-corrected chi connectivity index (χ4v) is 1.92. The normalized spacial score (nSPS) is 20.2. The largest absolute Gasteiger partial charge is 0.491 e. The Kier molecular flexibility index (Phi) is 2.54. The van der Waals surface area contributed by atoms with Gasteiger partial charge in [0, 0.05) is 5.02 Å². The Morgan fingerprint density at radius 3 is 3.00 bits per heavy atom. The minimum atomic E-state index is -0.256. The standard InChI is InChI=1S/C10H8BrClO2/c1-5-2-9-6(3-8(5)12)10(13)7(11)4-14-9/h2-3,7H,4H2,1H3. The molecule has 1 unspecified atom stereocenters. The Morgan fingerprint density at radius 1 is 1.57 bits per heavy atom. The molecule has 0 fully saturated rings. The van der Waals surface area contributed by atoms with Crippen LogP contribution < -0.4 is 4.74 Å². The molecule has 0 amide bonds. The van der Waals surface area contributed by atoms with Gasteiger partial charge in [-0.3, -0.25) is 4.79 Å². The number of fused-ring (bicyclic) bond motifs is 1. The van der Waals surface area contributed by atoms with Crippen molar-refractivity contribution < 1.29 is 9.53 Å². The van der Waals surface area contributed by atoms with E-state index in [4.69, 9.17) is 16.3 Å². The molecule has 0 saturated heterocycles. The van der Waals surface area contributed by atoms with Crippen LogP contribution in [0.5, 0.6) is 5.75 Å². The third-order valence-corrected chi connectivity index (χ3v) is 3.28. The second-order valence-corrected chi connectivity index (χ2v) is 4.75. The molecule has 1 aliphatic heterocycles. The highest BCUT2D eigenvalue weighted by Crippen LogP contribution is 2.32. The molecule has 0 aromatic heterocycles. The predicted octanol–water partition coefficient (Wildman–Crippen LogP) is 2.99. The van der Waals surface area contributed by atoms with Crippen LogP contribution in [-0.2, 0) is 0 Å². The molecule has 14 heavy (non-hydrogen) atoms. The van der Waals surface area contributed by atoms with E-state index < -0.39 is 0 Å². The van der Waals surface area contributed by atoms with Gasteiger partial charge in [-0.1, -0.05) is 27.5 Å². The number of ether oxygens (including phenoxy) is 1. The lowest BCUT2D eigenvalue weighted by Crippen LogP contribution is -2.27. The number of halogens is 2. The quantitative estimate of drug-likeness (QED) is 0.680. The number of hydrogen-bond donors (Lipinski definition) is 0. The van der Waals surface area contributed by atoms with Gasteiger partial charge in [-0.05, 0) is 24.6 Å². The highest BCUT2D eigenvalue weighted by atomic mass is 79.9. The molecular weight excluding hydrogens is 267 g/mol. The zero-order chi connectivity index (χ0) is 10.3. The Balaban J connectivity index is 2.56. The number of carbonyl (C=O) groups is 1. The van der Waals surface area contributed by atoms with Crippen LogP contribution in [0.15, 0.2) is 12.1 Å². The minimum absolute atomic E-state index is 0.0353. The van der Waals surface area contributed by atoms with Crippen LogP contribution >= 0.6 is 27.5 Å². The summed E-state index contributed by atoms with van der Waals surface area (Å²) in [7, 11) is 0. The van der Waals surface area contributed by atoms with Gasteiger partial charge in [-0.2, -0.15) is 0 Å². The first-order valence-corrected chi connectivity index (χ1v) is 5.50. The monoisotopic (exact) mass is 274 g/mol. The number of hydrogen-bond acceptors (Lipinski definition) is 2. The molecule has 0 spiro atoms. The minimum Gasteiger partial charge on any atom is -0.491 e. The summed E-state index contributed by atoms with van der Waals surface area (Å²) in [6.45, 7) is 2.27. The Bertz CT molecular complexity index is 403. The van der Waals surface area contributed by atoms with Crippen molar-refractivity contribution in [1.82, 2.24) is 0 Å². The summed E-state index contributed by atoms with van der Waals surface area (Å²) >= 11 is 9.18. The average Bonchev–Trinajstić information content (AvgIpc) is 2.15. The van der Waals surface area contributed by atoms with Crippen LogP contribution in [-0.4, -0.2) is 17.2 Å². The fraction of sp³-hybridized carbons (Fsp3) is 0.300. The van der Waals surface area contributed by atoms with Gasteiger partial charge in [-0.15, -0.1) is 0 Å². The summed E-state index contributed by atoms with van der Waals surface area (Å²) in [6, 6.07) is 3.47. The zero-order valence-electron chi connectivity index (χ0n) is 7.51. The van der Waals surface area contributed by atoms with Gasteiger partial charge in [0.25, 0.3) is 0 Å². The maximum absolute atomic E-state index is 11.7. The van der Waals surface area contributed by atoms with E-state index in [2.05, 4.69) is 15.9 Å². The number of aryl methyl sites for hydroxylation is 1. The number of carbonyl (C=O) groups excluding carboxylic acids is 1. The smallest absolute Gasteiger partial charge is 0.183 e. The topological polar surface area (TPSA) is 26.3 Å². The molecule has 0 bridgehead atoms. The number of alkyl halides is 1. The summed E-state index contributed by atoms with van der Waals surface area (Å²) < 4.78 is 5.42. The lowest BCUT2D eigenvalue weighted by atomic mass is 10.0. The molecule has 1 aromatic carbocycles. The number of ketones is 1. The van der Waals surface area contributed by atoms with E-state index in [0.29, 0.717) is 22.9 Å². The Morgan fingerprint density at radius 2 is 2.29 bits per heavy atom. The summed E-state index contributed by atoms with van der Waals surface area (Å²) in [5.41, 5.74) is 1.49. The first-order valence-electron chi connectivity index (χ1n) is 4.21. The molecule has 4 heteroatoms. The van der Waals surface area contributed by atoms with Crippen molar-refractivity contribution in [3.05, 3.63) is 28.3 Å². The van der Waals surface area contributed by atoms with Gasteiger partial charge >= 0.3 is 0 Å². The van der Waals surface area contributed by atoms with E-state index in [1.807, 2.05) is 6.92 Å². The van der Waals surface area contributed by atoms with Gasteiger partial charge in [0.1, 0.15) is 17.2 Å². The van der Waals surface area contributed by atoms with E-state index >= 15 is 0 Å². The van der Waals surface area contributed by atoms with Crippen LogP contribution in [0, 0.1) is 6.92 Å². The lowest BCUT2D eigenvalue weighted by Gasteiger charge is -2.20. The predicted molar refractivity (Wildman–Crippen MR) is 58.7 cm³/mol. The molecule has 0 radical (unpaired) electrons. The molecule has 1 aliphatic rings. The van der Waals surface area contributed by atoms with E-state index in [0.717, 1.165) is 5.56 Å². The van der Waals surface area contributed by atoms with Crippen LogP contribution in [0.1, 0.15) is 15.9 Å². The first-order chi connectivity index (χ1) is 6.59. The van der Waals surface area contributed by atoms with E-state index in [-0.39, 0.29) is 10.6 Å². The first kappa shape index (κ1) is 9.99. The maximum atomic E-state index is 11.7. The van der Waals surface area contributed by atoms with Crippen molar-refractivity contribution >= 4 is 33.3 Å². The molecule has 1 atom stereocenters. The average molecular weight is 276 g/mol. The summed E-state index contributed by atoms with van der Waals surface area (Å²) in [5, 5.41) is 0.599. The molecule has 1 heterocycles. The van der Waals surface area contributed by atoms with Crippen LogP contribution in [0.4, 0.5) is 0 Å². The van der Waals surface area contributed by atoms with Crippen LogP contribution in [0.2, 0.25) is 5.02 Å². The molecule has 0 saturated carbocycles. The SMILES string of the molecule is Cc1cc2c(cc1Cl)C(=O)C(Br)CO2. The second kappa shape index (κ2) is 3.55. The van der Waals surface area contributed by atoms with Crippen LogP contribution in [0.3, 0.4) is 0 Å². The Hall–Kier alpha value is -0.540. The molecule has 1 aromatic rings. The van der Waals surface area contributed by atoms with Crippen molar-refractivity contribution in [3.63, 3.8) is 0 Å². The van der Waals surface area contributed by atoms with E-state index in [9.17, 15) is 4.79 Å². The van der Waals surface area contributed by atoms with E-state index in [1.54, 1.807) is 12.1 Å². The van der Waals surface area contributed by atoms with Crippen molar-refractivity contribution in [1.29, 1.82) is 0 Å². The van der Waals surface area contributed by atoms with Gasteiger partial charge in [0.2, 0.25) is 0 Å². The molecule has 0 aliphatic carbocycles. The van der Waals surface area contributed by atoms with Crippen molar-refractivity contribution in [2.24, 2.45) is 0 Å².